The van der Waals surface area contributed by atoms with Crippen molar-refractivity contribution >= 4 is 0 Å². The van der Waals surface area contributed by atoms with E-state index < -0.39 is 0 Å². The fourth-order valence-corrected chi connectivity index (χ4v) is 1.77. The van der Waals surface area contributed by atoms with Crippen LogP contribution in [-0.2, 0) is 13.5 Å². The van der Waals surface area contributed by atoms with Crippen molar-refractivity contribution in [2.75, 3.05) is 0 Å². The standard InChI is InChI=1S/C14H19N3O/c1-3-12(15)7-11-5-4-6-13(8-11)18-14-9-16-17(2)10-14/h4-6,8-10,12H,3,7,15H2,1-2H3. The summed E-state index contributed by atoms with van der Waals surface area (Å²) < 4.78 is 7.45. The maximum absolute atomic E-state index is 5.96. The number of aromatic nitrogens is 2. The van der Waals surface area contributed by atoms with Crippen molar-refractivity contribution < 1.29 is 4.74 Å². The average Bonchev–Trinajstić information content (AvgIpc) is 2.75. The molecule has 0 amide bonds. The molecule has 0 saturated heterocycles. The largest absolute Gasteiger partial charge is 0.454 e. The van der Waals surface area contributed by atoms with Crippen LogP contribution in [0.3, 0.4) is 0 Å². The van der Waals surface area contributed by atoms with Crippen LogP contribution in [0.1, 0.15) is 18.9 Å². The summed E-state index contributed by atoms with van der Waals surface area (Å²) in [5.41, 5.74) is 7.16. The Labute approximate surface area is 107 Å². The molecule has 0 bridgehead atoms. The van der Waals surface area contributed by atoms with E-state index in [1.807, 2.05) is 31.4 Å². The molecule has 0 aliphatic heterocycles. The maximum atomic E-state index is 5.96. The summed E-state index contributed by atoms with van der Waals surface area (Å²) in [5.74, 6) is 1.57. The molecule has 96 valence electrons. The highest BCUT2D eigenvalue weighted by molar-refractivity contribution is 5.32. The molecule has 4 heteroatoms. The van der Waals surface area contributed by atoms with Crippen molar-refractivity contribution in [1.82, 2.24) is 9.78 Å². The van der Waals surface area contributed by atoms with Gasteiger partial charge in [0.15, 0.2) is 5.75 Å². The third kappa shape index (κ3) is 3.34. The summed E-state index contributed by atoms with van der Waals surface area (Å²) in [6, 6.07) is 8.24. The predicted molar refractivity (Wildman–Crippen MR) is 71.7 cm³/mol. The van der Waals surface area contributed by atoms with Gasteiger partial charge in [-0.15, -0.1) is 0 Å². The molecule has 1 atom stereocenters. The number of rotatable bonds is 5. The van der Waals surface area contributed by atoms with E-state index in [0.717, 1.165) is 24.3 Å². The molecule has 1 aromatic heterocycles. The van der Waals surface area contributed by atoms with E-state index in [4.69, 9.17) is 10.5 Å². The van der Waals surface area contributed by atoms with Gasteiger partial charge in [-0.25, -0.2) is 0 Å². The van der Waals surface area contributed by atoms with Gasteiger partial charge < -0.3 is 10.5 Å². The lowest BCUT2D eigenvalue weighted by molar-refractivity contribution is 0.481. The third-order valence-corrected chi connectivity index (χ3v) is 2.84. The van der Waals surface area contributed by atoms with Crippen LogP contribution in [0.2, 0.25) is 0 Å². The van der Waals surface area contributed by atoms with Gasteiger partial charge in [-0.05, 0) is 30.5 Å². The van der Waals surface area contributed by atoms with Crippen molar-refractivity contribution in [3.63, 3.8) is 0 Å². The van der Waals surface area contributed by atoms with Gasteiger partial charge in [0.05, 0.1) is 12.4 Å². The second-order valence-electron chi connectivity index (χ2n) is 4.47. The predicted octanol–water partition coefficient (Wildman–Crippen LogP) is 2.49. The first-order valence-electron chi connectivity index (χ1n) is 6.18. The van der Waals surface area contributed by atoms with Crippen LogP contribution in [0.4, 0.5) is 0 Å². The lowest BCUT2D eigenvalue weighted by atomic mass is 10.0. The highest BCUT2D eigenvalue weighted by atomic mass is 16.5. The SMILES string of the molecule is CCC(N)Cc1cccc(Oc2cnn(C)c2)c1. The number of hydrogen-bond donors (Lipinski definition) is 1. The molecule has 2 aromatic rings. The van der Waals surface area contributed by atoms with Crippen molar-refractivity contribution in [2.45, 2.75) is 25.8 Å². The fourth-order valence-electron chi connectivity index (χ4n) is 1.77. The minimum atomic E-state index is 0.207. The highest BCUT2D eigenvalue weighted by Gasteiger charge is 2.04. The first kappa shape index (κ1) is 12.6. The van der Waals surface area contributed by atoms with Gasteiger partial charge in [0.1, 0.15) is 5.75 Å². The van der Waals surface area contributed by atoms with Crippen LogP contribution < -0.4 is 10.5 Å². The fraction of sp³-hybridized carbons (Fsp3) is 0.357. The molecule has 4 nitrogen and oxygen atoms in total. The number of nitrogens with zero attached hydrogens (tertiary/aromatic N) is 2. The molecule has 18 heavy (non-hydrogen) atoms. The summed E-state index contributed by atoms with van der Waals surface area (Å²) in [5, 5.41) is 4.07. The van der Waals surface area contributed by atoms with E-state index >= 15 is 0 Å². The number of benzene rings is 1. The van der Waals surface area contributed by atoms with Gasteiger partial charge in [-0.2, -0.15) is 5.10 Å². The first-order valence-corrected chi connectivity index (χ1v) is 6.18. The topological polar surface area (TPSA) is 53.1 Å². The smallest absolute Gasteiger partial charge is 0.165 e. The van der Waals surface area contributed by atoms with E-state index in [-0.39, 0.29) is 6.04 Å². The molecule has 0 aliphatic carbocycles. The molecule has 1 unspecified atom stereocenters. The molecule has 0 fully saturated rings. The Morgan fingerprint density at radius 1 is 1.39 bits per heavy atom. The summed E-state index contributed by atoms with van der Waals surface area (Å²) in [6.07, 6.45) is 5.39. The zero-order valence-corrected chi connectivity index (χ0v) is 10.8. The molecule has 0 spiro atoms. The zero-order chi connectivity index (χ0) is 13.0. The van der Waals surface area contributed by atoms with Crippen molar-refractivity contribution in [2.24, 2.45) is 12.8 Å². The van der Waals surface area contributed by atoms with Gasteiger partial charge in [0, 0.05) is 13.1 Å². The van der Waals surface area contributed by atoms with E-state index in [1.54, 1.807) is 10.9 Å². The quantitative estimate of drug-likeness (QED) is 0.880. The summed E-state index contributed by atoms with van der Waals surface area (Å²) in [6.45, 7) is 2.10. The normalized spacial score (nSPS) is 12.4. The Morgan fingerprint density at radius 3 is 2.89 bits per heavy atom. The molecular weight excluding hydrogens is 226 g/mol. The minimum Gasteiger partial charge on any atom is -0.454 e. The van der Waals surface area contributed by atoms with Crippen LogP contribution >= 0.6 is 0 Å². The Hall–Kier alpha value is -1.81. The Balaban J connectivity index is 2.07. The number of ether oxygens (including phenoxy) is 1. The third-order valence-electron chi connectivity index (χ3n) is 2.84. The van der Waals surface area contributed by atoms with E-state index in [0.29, 0.717) is 0 Å². The molecular formula is C14H19N3O. The van der Waals surface area contributed by atoms with Gasteiger partial charge in [-0.3, -0.25) is 4.68 Å². The number of aryl methyl sites for hydroxylation is 1. The summed E-state index contributed by atoms with van der Waals surface area (Å²) >= 11 is 0. The second kappa shape index (κ2) is 5.69. The molecule has 2 rings (SSSR count). The molecule has 0 radical (unpaired) electrons. The Bertz CT molecular complexity index is 507. The maximum Gasteiger partial charge on any atom is 0.165 e. The summed E-state index contributed by atoms with van der Waals surface area (Å²) in [7, 11) is 1.86. The summed E-state index contributed by atoms with van der Waals surface area (Å²) in [4.78, 5) is 0. The van der Waals surface area contributed by atoms with Crippen LogP contribution in [0.5, 0.6) is 11.5 Å². The highest BCUT2D eigenvalue weighted by Crippen LogP contribution is 2.22. The van der Waals surface area contributed by atoms with E-state index in [9.17, 15) is 0 Å². The van der Waals surface area contributed by atoms with Gasteiger partial charge in [-0.1, -0.05) is 19.1 Å². The van der Waals surface area contributed by atoms with Crippen LogP contribution in [0.25, 0.3) is 0 Å². The molecule has 2 N–H and O–H groups in total. The first-order chi connectivity index (χ1) is 8.67. The van der Waals surface area contributed by atoms with Gasteiger partial charge in [0.25, 0.3) is 0 Å². The van der Waals surface area contributed by atoms with Crippen LogP contribution in [0.15, 0.2) is 36.7 Å². The van der Waals surface area contributed by atoms with E-state index in [1.165, 1.54) is 5.56 Å². The number of hydrogen-bond acceptors (Lipinski definition) is 3. The lowest BCUT2D eigenvalue weighted by Crippen LogP contribution is -2.21. The van der Waals surface area contributed by atoms with Crippen LogP contribution in [-0.4, -0.2) is 15.8 Å². The molecule has 1 heterocycles. The van der Waals surface area contributed by atoms with E-state index in [2.05, 4.69) is 18.1 Å². The number of nitrogens with two attached hydrogens (primary N) is 1. The van der Waals surface area contributed by atoms with Crippen molar-refractivity contribution in [3.05, 3.63) is 42.2 Å². The average molecular weight is 245 g/mol. The van der Waals surface area contributed by atoms with Crippen molar-refractivity contribution in [3.8, 4) is 11.5 Å². The molecule has 0 saturated carbocycles. The van der Waals surface area contributed by atoms with Gasteiger partial charge >= 0.3 is 0 Å². The monoisotopic (exact) mass is 245 g/mol. The Morgan fingerprint density at radius 2 is 2.22 bits per heavy atom. The van der Waals surface area contributed by atoms with Crippen molar-refractivity contribution in [1.29, 1.82) is 0 Å². The molecule has 0 aliphatic rings. The zero-order valence-electron chi connectivity index (χ0n) is 10.8. The van der Waals surface area contributed by atoms with Crippen LogP contribution in [0, 0.1) is 0 Å². The van der Waals surface area contributed by atoms with Gasteiger partial charge in [0.2, 0.25) is 0 Å². The molecule has 1 aromatic carbocycles. The minimum absolute atomic E-state index is 0.207. The second-order valence-corrected chi connectivity index (χ2v) is 4.47. The Kier molecular flexibility index (Phi) is 3.99. The lowest BCUT2D eigenvalue weighted by Gasteiger charge is -2.10.